The van der Waals surface area contributed by atoms with Crippen molar-refractivity contribution < 1.29 is 4.79 Å². The van der Waals surface area contributed by atoms with Gasteiger partial charge in [-0.05, 0) is 17.7 Å². The number of carbonyl (C=O) groups excluding carboxylic acids is 1. The van der Waals surface area contributed by atoms with E-state index in [-0.39, 0.29) is 11.2 Å². The molecule has 0 aliphatic carbocycles. The van der Waals surface area contributed by atoms with E-state index in [0.717, 1.165) is 12.1 Å². The van der Waals surface area contributed by atoms with Crippen LogP contribution in [0.15, 0.2) is 30.5 Å². The smallest absolute Gasteiger partial charge is 0.224 e. The summed E-state index contributed by atoms with van der Waals surface area (Å²) >= 11 is 4.37. The Bertz CT molecular complexity index is 563. The predicted molar refractivity (Wildman–Crippen MR) is 71.1 cm³/mol. The number of nitrogens with zero attached hydrogens (tertiary/aromatic N) is 1. The maximum Gasteiger partial charge on any atom is 0.224 e. The molecule has 0 spiro atoms. The summed E-state index contributed by atoms with van der Waals surface area (Å²) in [6.07, 6.45) is 2.49. The van der Waals surface area contributed by atoms with Gasteiger partial charge in [-0.25, -0.2) is 0 Å². The maximum absolute atomic E-state index is 11.7. The number of aromatic nitrogens is 1. The van der Waals surface area contributed by atoms with Gasteiger partial charge in [0.25, 0.3) is 0 Å². The lowest BCUT2D eigenvalue weighted by Gasteiger charge is -2.16. The molecule has 1 aromatic heterocycles. The number of benzene rings is 1. The van der Waals surface area contributed by atoms with Gasteiger partial charge in [0, 0.05) is 41.9 Å². The molecule has 17 heavy (non-hydrogen) atoms. The van der Waals surface area contributed by atoms with E-state index in [1.807, 2.05) is 23.2 Å². The van der Waals surface area contributed by atoms with Crippen molar-refractivity contribution in [3.63, 3.8) is 0 Å². The third-order valence-electron chi connectivity index (χ3n) is 3.24. The highest BCUT2D eigenvalue weighted by molar-refractivity contribution is 7.81. The number of aromatic amines is 1. The van der Waals surface area contributed by atoms with E-state index in [0.29, 0.717) is 13.0 Å². The summed E-state index contributed by atoms with van der Waals surface area (Å²) in [6, 6.07) is 8.21. The fourth-order valence-electron chi connectivity index (χ4n) is 2.40. The second-order valence-corrected chi connectivity index (χ2v) is 5.22. The molecule has 1 N–H and O–H groups in total. The molecule has 1 amide bonds. The number of carbonyl (C=O) groups is 1. The molecule has 0 bridgehead atoms. The Morgan fingerprint density at radius 3 is 3.06 bits per heavy atom. The summed E-state index contributed by atoms with van der Waals surface area (Å²) in [7, 11) is 0. The number of thiol groups is 1. The Balaban J connectivity index is 1.90. The zero-order chi connectivity index (χ0) is 11.8. The zero-order valence-electron chi connectivity index (χ0n) is 9.39. The Labute approximate surface area is 105 Å². The molecule has 2 heterocycles. The Morgan fingerprint density at radius 2 is 2.29 bits per heavy atom. The van der Waals surface area contributed by atoms with E-state index < -0.39 is 0 Å². The zero-order valence-corrected chi connectivity index (χ0v) is 10.3. The molecule has 1 aliphatic rings. The van der Waals surface area contributed by atoms with Crippen LogP contribution in [0.5, 0.6) is 0 Å². The lowest BCUT2D eigenvalue weighted by Crippen LogP contribution is -2.24. The topological polar surface area (TPSA) is 36.1 Å². The second kappa shape index (κ2) is 4.11. The van der Waals surface area contributed by atoms with E-state index in [9.17, 15) is 4.79 Å². The monoisotopic (exact) mass is 246 g/mol. The van der Waals surface area contributed by atoms with Gasteiger partial charge in [-0.2, -0.15) is 12.6 Å². The first-order valence-corrected chi connectivity index (χ1v) is 6.26. The normalized spacial score (nSPS) is 20.4. The average Bonchev–Trinajstić information content (AvgIpc) is 2.87. The summed E-state index contributed by atoms with van der Waals surface area (Å²) in [6.45, 7) is 1.44. The van der Waals surface area contributed by atoms with Gasteiger partial charge in [0.2, 0.25) is 5.91 Å². The molecule has 1 atom stereocenters. The maximum atomic E-state index is 11.7. The van der Waals surface area contributed by atoms with Gasteiger partial charge in [0.1, 0.15) is 0 Å². The van der Waals surface area contributed by atoms with Crippen LogP contribution in [0.2, 0.25) is 0 Å². The number of nitrogens with one attached hydrogen (secondary N) is 1. The predicted octanol–water partition coefficient (Wildman–Crippen LogP) is 2.20. The second-order valence-electron chi connectivity index (χ2n) is 4.49. The lowest BCUT2D eigenvalue weighted by atomic mass is 10.1. The first-order chi connectivity index (χ1) is 8.24. The highest BCUT2D eigenvalue weighted by Gasteiger charge is 2.27. The molecule has 1 aromatic carbocycles. The van der Waals surface area contributed by atoms with Crippen LogP contribution in [0.25, 0.3) is 10.9 Å². The SMILES string of the molecule is O=C1CC(S)CN1Cc1cccc2[nH]ccc12. The minimum absolute atomic E-state index is 0.188. The molecular formula is C13H14N2OS. The molecule has 1 unspecified atom stereocenters. The number of fused-ring (bicyclic) bond motifs is 1. The molecule has 1 saturated heterocycles. The molecular weight excluding hydrogens is 232 g/mol. The number of hydrogen-bond donors (Lipinski definition) is 2. The van der Waals surface area contributed by atoms with Crippen molar-refractivity contribution in [2.24, 2.45) is 0 Å². The van der Waals surface area contributed by atoms with Crippen molar-refractivity contribution >= 4 is 29.4 Å². The van der Waals surface area contributed by atoms with Gasteiger partial charge in [0.05, 0.1) is 0 Å². The van der Waals surface area contributed by atoms with Crippen LogP contribution < -0.4 is 0 Å². The molecule has 88 valence electrons. The minimum Gasteiger partial charge on any atom is -0.361 e. The quantitative estimate of drug-likeness (QED) is 0.783. The van der Waals surface area contributed by atoms with Crippen LogP contribution in [0.1, 0.15) is 12.0 Å². The first-order valence-electron chi connectivity index (χ1n) is 5.75. The third-order valence-corrected chi connectivity index (χ3v) is 3.59. The van der Waals surface area contributed by atoms with Crippen molar-refractivity contribution in [2.75, 3.05) is 6.54 Å². The van der Waals surface area contributed by atoms with E-state index in [1.165, 1.54) is 10.9 Å². The van der Waals surface area contributed by atoms with Crippen LogP contribution in [-0.4, -0.2) is 27.6 Å². The van der Waals surface area contributed by atoms with Gasteiger partial charge in [-0.3, -0.25) is 4.79 Å². The summed E-state index contributed by atoms with van der Waals surface area (Å²) in [5.74, 6) is 0.206. The molecule has 1 aliphatic heterocycles. The molecule has 3 nitrogen and oxygen atoms in total. The van der Waals surface area contributed by atoms with Crippen LogP contribution in [0, 0.1) is 0 Å². The van der Waals surface area contributed by atoms with Crippen LogP contribution in [-0.2, 0) is 11.3 Å². The number of hydrogen-bond acceptors (Lipinski definition) is 2. The van der Waals surface area contributed by atoms with Crippen LogP contribution in [0.4, 0.5) is 0 Å². The van der Waals surface area contributed by atoms with Gasteiger partial charge in [-0.15, -0.1) is 0 Å². The number of H-pyrrole nitrogens is 1. The highest BCUT2D eigenvalue weighted by atomic mass is 32.1. The lowest BCUT2D eigenvalue weighted by molar-refractivity contribution is -0.128. The minimum atomic E-state index is 0.188. The van der Waals surface area contributed by atoms with Crippen LogP contribution in [0.3, 0.4) is 0 Å². The summed E-state index contributed by atoms with van der Waals surface area (Å²) in [5.41, 5.74) is 2.32. The summed E-state index contributed by atoms with van der Waals surface area (Å²) in [4.78, 5) is 16.8. The largest absolute Gasteiger partial charge is 0.361 e. The van der Waals surface area contributed by atoms with Gasteiger partial charge < -0.3 is 9.88 Å². The van der Waals surface area contributed by atoms with Crippen molar-refractivity contribution in [1.29, 1.82) is 0 Å². The van der Waals surface area contributed by atoms with Gasteiger partial charge in [0.15, 0.2) is 0 Å². The standard InChI is InChI=1S/C13H14N2OS/c16-13-6-10(17)8-15(13)7-9-2-1-3-12-11(9)4-5-14-12/h1-5,10,14,17H,6-8H2. The fourth-order valence-corrected chi connectivity index (χ4v) is 2.75. The average molecular weight is 246 g/mol. The van der Waals surface area contributed by atoms with E-state index in [4.69, 9.17) is 0 Å². The Hall–Kier alpha value is -1.42. The number of amides is 1. The highest BCUT2D eigenvalue weighted by Crippen LogP contribution is 2.23. The van der Waals surface area contributed by atoms with Gasteiger partial charge >= 0.3 is 0 Å². The molecule has 1 fully saturated rings. The Morgan fingerprint density at radius 1 is 1.41 bits per heavy atom. The molecule has 0 radical (unpaired) electrons. The van der Waals surface area contributed by atoms with Crippen molar-refractivity contribution in [1.82, 2.24) is 9.88 Å². The molecule has 3 rings (SSSR count). The van der Waals surface area contributed by atoms with Gasteiger partial charge in [-0.1, -0.05) is 12.1 Å². The summed E-state index contributed by atoms with van der Waals surface area (Å²) < 4.78 is 0. The van der Waals surface area contributed by atoms with E-state index in [2.05, 4.69) is 29.7 Å². The van der Waals surface area contributed by atoms with E-state index >= 15 is 0 Å². The Kier molecular flexibility index (Phi) is 2.59. The van der Waals surface area contributed by atoms with Crippen LogP contribution >= 0.6 is 12.6 Å². The van der Waals surface area contributed by atoms with E-state index in [1.54, 1.807) is 0 Å². The third kappa shape index (κ3) is 1.93. The number of rotatable bonds is 2. The van der Waals surface area contributed by atoms with Crippen molar-refractivity contribution in [3.8, 4) is 0 Å². The van der Waals surface area contributed by atoms with Crippen molar-refractivity contribution in [3.05, 3.63) is 36.0 Å². The molecule has 0 saturated carbocycles. The number of likely N-dealkylation sites (tertiary alicyclic amines) is 1. The molecule has 2 aromatic rings. The summed E-state index contributed by atoms with van der Waals surface area (Å²) in [5, 5.41) is 1.39. The molecule has 4 heteroatoms. The fraction of sp³-hybridized carbons (Fsp3) is 0.308. The van der Waals surface area contributed by atoms with Crippen molar-refractivity contribution in [2.45, 2.75) is 18.2 Å². The first kappa shape index (κ1) is 10.7.